The molecule has 0 spiro atoms. The third-order valence-corrected chi connectivity index (χ3v) is 4.29. The standard InChI is InChI=1S/C15H25N3O3/c1-11(19)16-9-14(20)17-12-8-15(21)18(10-12)13-6-4-2-3-5-7-13/h12-13H,2-10H2,1H3,(H,16,19)(H,17,20)/t12-/m0/s1. The van der Waals surface area contributed by atoms with Crippen molar-refractivity contribution in [1.29, 1.82) is 0 Å². The van der Waals surface area contributed by atoms with Gasteiger partial charge in [-0.15, -0.1) is 0 Å². The van der Waals surface area contributed by atoms with Crippen molar-refractivity contribution in [2.75, 3.05) is 13.1 Å². The van der Waals surface area contributed by atoms with Gasteiger partial charge in [0.05, 0.1) is 12.6 Å². The highest BCUT2D eigenvalue weighted by Crippen LogP contribution is 2.25. The van der Waals surface area contributed by atoms with Crippen LogP contribution in [-0.4, -0.2) is 47.8 Å². The number of carbonyl (C=O) groups excluding carboxylic acids is 3. The first kappa shape index (κ1) is 15.8. The predicted octanol–water partition coefficient (Wildman–Crippen LogP) is 0.562. The van der Waals surface area contributed by atoms with Crippen molar-refractivity contribution >= 4 is 17.7 Å². The van der Waals surface area contributed by atoms with Crippen molar-refractivity contribution in [2.45, 2.75) is 64.0 Å². The molecule has 0 bridgehead atoms. The summed E-state index contributed by atoms with van der Waals surface area (Å²) >= 11 is 0. The van der Waals surface area contributed by atoms with Crippen LogP contribution < -0.4 is 10.6 Å². The van der Waals surface area contributed by atoms with Crippen LogP contribution in [0.1, 0.15) is 51.9 Å². The summed E-state index contributed by atoms with van der Waals surface area (Å²) in [6, 6.07) is 0.222. The third-order valence-electron chi connectivity index (χ3n) is 4.29. The lowest BCUT2D eigenvalue weighted by atomic mass is 10.1. The second-order valence-corrected chi connectivity index (χ2v) is 6.07. The van der Waals surface area contributed by atoms with Crippen LogP contribution in [0.5, 0.6) is 0 Å². The molecule has 3 amide bonds. The van der Waals surface area contributed by atoms with E-state index in [-0.39, 0.29) is 30.3 Å². The molecule has 2 fully saturated rings. The SMILES string of the molecule is CC(=O)NCC(=O)N[C@H]1CC(=O)N(C2CCCCCC2)C1. The Balaban J connectivity index is 1.81. The summed E-state index contributed by atoms with van der Waals surface area (Å²) in [5.74, 6) is -0.315. The summed E-state index contributed by atoms with van der Waals surface area (Å²) in [5.41, 5.74) is 0. The number of nitrogens with zero attached hydrogens (tertiary/aromatic N) is 1. The molecule has 0 aromatic heterocycles. The van der Waals surface area contributed by atoms with E-state index in [1.165, 1.54) is 32.6 Å². The van der Waals surface area contributed by atoms with Gasteiger partial charge >= 0.3 is 0 Å². The second kappa shape index (κ2) is 7.43. The smallest absolute Gasteiger partial charge is 0.239 e. The van der Waals surface area contributed by atoms with Crippen molar-refractivity contribution in [1.82, 2.24) is 15.5 Å². The number of hydrogen-bond acceptors (Lipinski definition) is 3. The minimum Gasteiger partial charge on any atom is -0.350 e. The van der Waals surface area contributed by atoms with Gasteiger partial charge in [-0.3, -0.25) is 14.4 Å². The summed E-state index contributed by atoms with van der Waals surface area (Å²) in [5, 5.41) is 5.30. The number of amides is 3. The minimum atomic E-state index is -0.231. The van der Waals surface area contributed by atoms with E-state index >= 15 is 0 Å². The van der Waals surface area contributed by atoms with Crippen LogP contribution in [0.15, 0.2) is 0 Å². The molecule has 1 saturated carbocycles. The molecule has 21 heavy (non-hydrogen) atoms. The molecule has 1 heterocycles. The molecular weight excluding hydrogens is 270 g/mol. The Kier molecular flexibility index (Phi) is 5.59. The van der Waals surface area contributed by atoms with Crippen LogP contribution in [0.4, 0.5) is 0 Å². The van der Waals surface area contributed by atoms with Crippen molar-refractivity contribution in [2.24, 2.45) is 0 Å². The van der Waals surface area contributed by atoms with Crippen molar-refractivity contribution in [3.05, 3.63) is 0 Å². The van der Waals surface area contributed by atoms with E-state index in [9.17, 15) is 14.4 Å². The maximum absolute atomic E-state index is 12.1. The highest BCUT2D eigenvalue weighted by atomic mass is 16.2. The summed E-state index contributed by atoms with van der Waals surface area (Å²) in [6.45, 7) is 1.96. The van der Waals surface area contributed by atoms with Crippen molar-refractivity contribution in [3.8, 4) is 0 Å². The van der Waals surface area contributed by atoms with E-state index in [1.807, 2.05) is 4.90 Å². The Morgan fingerprint density at radius 2 is 1.86 bits per heavy atom. The van der Waals surface area contributed by atoms with Gasteiger partial charge in [0, 0.05) is 25.9 Å². The van der Waals surface area contributed by atoms with E-state index in [1.54, 1.807) is 0 Å². The molecule has 1 atom stereocenters. The molecule has 118 valence electrons. The predicted molar refractivity (Wildman–Crippen MR) is 78.4 cm³/mol. The van der Waals surface area contributed by atoms with Gasteiger partial charge in [-0.05, 0) is 12.8 Å². The average molecular weight is 295 g/mol. The van der Waals surface area contributed by atoms with Crippen LogP contribution in [0.3, 0.4) is 0 Å². The zero-order valence-electron chi connectivity index (χ0n) is 12.7. The summed E-state index contributed by atoms with van der Waals surface area (Å²) in [7, 11) is 0. The molecular formula is C15H25N3O3. The molecule has 1 saturated heterocycles. The van der Waals surface area contributed by atoms with Gasteiger partial charge in [0.15, 0.2) is 0 Å². The topological polar surface area (TPSA) is 78.5 Å². The fourth-order valence-electron chi connectivity index (χ4n) is 3.23. The maximum atomic E-state index is 12.1. The Morgan fingerprint density at radius 1 is 1.19 bits per heavy atom. The molecule has 0 unspecified atom stereocenters. The van der Waals surface area contributed by atoms with Crippen LogP contribution in [0.2, 0.25) is 0 Å². The largest absolute Gasteiger partial charge is 0.350 e. The Hall–Kier alpha value is -1.59. The van der Waals surface area contributed by atoms with E-state index in [0.717, 1.165) is 12.8 Å². The number of carbonyl (C=O) groups is 3. The number of hydrogen-bond donors (Lipinski definition) is 2. The molecule has 0 radical (unpaired) electrons. The van der Waals surface area contributed by atoms with Gasteiger partial charge in [0.1, 0.15) is 0 Å². The van der Waals surface area contributed by atoms with Crippen LogP contribution in [-0.2, 0) is 14.4 Å². The molecule has 2 rings (SSSR count). The zero-order valence-corrected chi connectivity index (χ0v) is 12.7. The lowest BCUT2D eigenvalue weighted by molar-refractivity contribution is -0.129. The van der Waals surface area contributed by atoms with E-state index in [4.69, 9.17) is 0 Å². The second-order valence-electron chi connectivity index (χ2n) is 6.07. The van der Waals surface area contributed by atoms with E-state index in [2.05, 4.69) is 10.6 Å². The summed E-state index contributed by atoms with van der Waals surface area (Å²) in [4.78, 5) is 36.6. The lowest BCUT2D eigenvalue weighted by Gasteiger charge is -2.27. The van der Waals surface area contributed by atoms with Gasteiger partial charge in [0.2, 0.25) is 17.7 Å². The Morgan fingerprint density at radius 3 is 2.48 bits per heavy atom. The Bertz CT molecular complexity index is 403. The first-order valence-corrected chi connectivity index (χ1v) is 7.89. The highest BCUT2D eigenvalue weighted by Gasteiger charge is 2.34. The van der Waals surface area contributed by atoms with Crippen molar-refractivity contribution < 1.29 is 14.4 Å². The molecule has 2 N–H and O–H groups in total. The summed E-state index contributed by atoms with van der Waals surface area (Å²) < 4.78 is 0. The first-order chi connectivity index (χ1) is 10.1. The quantitative estimate of drug-likeness (QED) is 0.744. The van der Waals surface area contributed by atoms with Gasteiger partial charge in [-0.1, -0.05) is 25.7 Å². The molecule has 1 aliphatic carbocycles. The third kappa shape index (κ3) is 4.72. The van der Waals surface area contributed by atoms with Crippen LogP contribution in [0.25, 0.3) is 0 Å². The van der Waals surface area contributed by atoms with E-state index in [0.29, 0.717) is 19.0 Å². The monoisotopic (exact) mass is 295 g/mol. The van der Waals surface area contributed by atoms with Gasteiger partial charge in [-0.25, -0.2) is 0 Å². The van der Waals surface area contributed by atoms with Crippen LogP contribution in [0, 0.1) is 0 Å². The van der Waals surface area contributed by atoms with E-state index < -0.39 is 0 Å². The fraction of sp³-hybridized carbons (Fsp3) is 0.800. The minimum absolute atomic E-state index is 0.0244. The van der Waals surface area contributed by atoms with Gasteiger partial charge in [0.25, 0.3) is 0 Å². The lowest BCUT2D eigenvalue weighted by Crippen LogP contribution is -2.43. The van der Waals surface area contributed by atoms with Crippen molar-refractivity contribution in [3.63, 3.8) is 0 Å². The normalized spacial score (nSPS) is 23.8. The number of nitrogens with one attached hydrogen (secondary N) is 2. The maximum Gasteiger partial charge on any atom is 0.239 e. The molecule has 6 nitrogen and oxygen atoms in total. The van der Waals surface area contributed by atoms with Crippen LogP contribution >= 0.6 is 0 Å². The molecule has 0 aromatic carbocycles. The highest BCUT2D eigenvalue weighted by molar-refractivity contribution is 5.85. The molecule has 0 aromatic rings. The van der Waals surface area contributed by atoms with Gasteiger partial charge in [-0.2, -0.15) is 0 Å². The zero-order chi connectivity index (χ0) is 15.2. The molecule has 2 aliphatic rings. The number of rotatable bonds is 4. The number of likely N-dealkylation sites (tertiary alicyclic amines) is 1. The molecule has 6 heteroatoms. The molecule has 1 aliphatic heterocycles. The summed E-state index contributed by atoms with van der Waals surface area (Å²) in [6.07, 6.45) is 7.44. The fourth-order valence-corrected chi connectivity index (χ4v) is 3.23. The Labute approximate surface area is 125 Å². The average Bonchev–Trinajstić information content (AvgIpc) is 2.66. The van der Waals surface area contributed by atoms with Gasteiger partial charge < -0.3 is 15.5 Å². The first-order valence-electron chi connectivity index (χ1n) is 7.89.